The minimum atomic E-state index is -3.96. The van der Waals surface area contributed by atoms with Crippen molar-refractivity contribution in [3.05, 3.63) is 30.1 Å². The molecule has 100 valence electrons. The molecule has 1 aromatic rings. The number of nitrogens with two attached hydrogens (primary N) is 1. The summed E-state index contributed by atoms with van der Waals surface area (Å²) in [6, 6.07) is 4.42. The number of amidine groups is 1. The summed E-state index contributed by atoms with van der Waals surface area (Å²) in [5.74, 6) is -0.945. The first-order valence-corrected chi connectivity index (χ1v) is 6.58. The second kappa shape index (κ2) is 5.78. The third-order valence-corrected chi connectivity index (χ3v) is 3.75. The van der Waals surface area contributed by atoms with Crippen LogP contribution in [0.2, 0.25) is 0 Å². The van der Waals surface area contributed by atoms with Crippen molar-refractivity contribution in [3.63, 3.8) is 0 Å². The van der Waals surface area contributed by atoms with Gasteiger partial charge in [0.2, 0.25) is 10.0 Å². The maximum absolute atomic E-state index is 13.4. The quantitative estimate of drug-likeness (QED) is 0.317. The first kappa shape index (κ1) is 14.4. The standard InChI is InChI=1S/C10H14FN3O3S/c1-7(6-10(12)13-15)14-18(16,17)9-5-3-2-4-8(9)11/h2-5,7,14-15H,6H2,1H3,(H2,12,13). The summed E-state index contributed by atoms with van der Waals surface area (Å²) in [5, 5.41) is 11.1. The molecule has 0 bridgehead atoms. The van der Waals surface area contributed by atoms with Crippen LogP contribution >= 0.6 is 0 Å². The molecular formula is C10H14FN3O3S. The van der Waals surface area contributed by atoms with Crippen LogP contribution in [0.25, 0.3) is 0 Å². The zero-order valence-electron chi connectivity index (χ0n) is 9.67. The van der Waals surface area contributed by atoms with Crippen molar-refractivity contribution >= 4 is 15.9 Å². The Kier molecular flexibility index (Phi) is 4.62. The molecule has 8 heteroatoms. The van der Waals surface area contributed by atoms with E-state index in [1.165, 1.54) is 19.1 Å². The fraction of sp³-hybridized carbons (Fsp3) is 0.300. The number of hydrogen-bond acceptors (Lipinski definition) is 4. The Morgan fingerprint density at radius 1 is 1.56 bits per heavy atom. The van der Waals surface area contributed by atoms with E-state index < -0.39 is 26.8 Å². The minimum absolute atomic E-state index is 0.0180. The van der Waals surface area contributed by atoms with Gasteiger partial charge < -0.3 is 10.9 Å². The van der Waals surface area contributed by atoms with Gasteiger partial charge in [0.25, 0.3) is 0 Å². The zero-order chi connectivity index (χ0) is 13.8. The molecule has 0 aromatic heterocycles. The fourth-order valence-electron chi connectivity index (χ4n) is 1.39. The number of hydrogen-bond donors (Lipinski definition) is 3. The SMILES string of the molecule is CC(CC(N)=NO)NS(=O)(=O)c1ccccc1F. The monoisotopic (exact) mass is 275 g/mol. The van der Waals surface area contributed by atoms with Crippen molar-refractivity contribution in [2.45, 2.75) is 24.3 Å². The molecule has 0 amide bonds. The van der Waals surface area contributed by atoms with Gasteiger partial charge in [-0.2, -0.15) is 0 Å². The highest BCUT2D eigenvalue weighted by Crippen LogP contribution is 2.13. The lowest BCUT2D eigenvalue weighted by atomic mass is 10.2. The second-order valence-electron chi connectivity index (χ2n) is 3.75. The summed E-state index contributed by atoms with van der Waals surface area (Å²) in [6.07, 6.45) is 0.0180. The Balaban J connectivity index is 2.87. The second-order valence-corrected chi connectivity index (χ2v) is 5.43. The number of halogens is 1. The molecule has 0 heterocycles. The Morgan fingerprint density at radius 3 is 2.72 bits per heavy atom. The topological polar surface area (TPSA) is 105 Å². The van der Waals surface area contributed by atoms with Gasteiger partial charge in [0.05, 0.1) is 0 Å². The fourth-order valence-corrected chi connectivity index (χ4v) is 2.71. The summed E-state index contributed by atoms with van der Waals surface area (Å²) in [6.45, 7) is 1.52. The van der Waals surface area contributed by atoms with Gasteiger partial charge in [-0.3, -0.25) is 0 Å². The van der Waals surface area contributed by atoms with Crippen molar-refractivity contribution < 1.29 is 18.0 Å². The van der Waals surface area contributed by atoms with E-state index in [0.717, 1.165) is 12.1 Å². The van der Waals surface area contributed by atoms with Crippen molar-refractivity contribution in [1.82, 2.24) is 4.72 Å². The highest BCUT2D eigenvalue weighted by Gasteiger charge is 2.21. The van der Waals surface area contributed by atoms with Gasteiger partial charge in [0, 0.05) is 12.5 Å². The van der Waals surface area contributed by atoms with Crippen LogP contribution in [0.5, 0.6) is 0 Å². The van der Waals surface area contributed by atoms with Crippen LogP contribution in [0.1, 0.15) is 13.3 Å². The highest BCUT2D eigenvalue weighted by atomic mass is 32.2. The van der Waals surface area contributed by atoms with Crippen LogP contribution < -0.4 is 10.5 Å². The Bertz CT molecular complexity index is 545. The van der Waals surface area contributed by atoms with Crippen molar-refractivity contribution in [2.24, 2.45) is 10.9 Å². The van der Waals surface area contributed by atoms with Gasteiger partial charge in [-0.15, -0.1) is 0 Å². The molecule has 0 radical (unpaired) electrons. The average molecular weight is 275 g/mol. The lowest BCUT2D eigenvalue weighted by molar-refractivity contribution is 0.316. The molecule has 0 aliphatic carbocycles. The summed E-state index contributed by atoms with van der Waals surface area (Å²) in [7, 11) is -3.96. The molecule has 0 fully saturated rings. The molecule has 6 nitrogen and oxygen atoms in total. The van der Waals surface area contributed by atoms with Gasteiger partial charge in [-0.05, 0) is 19.1 Å². The zero-order valence-corrected chi connectivity index (χ0v) is 10.5. The van der Waals surface area contributed by atoms with Gasteiger partial charge in [0.1, 0.15) is 16.5 Å². The number of sulfonamides is 1. The van der Waals surface area contributed by atoms with Crippen LogP contribution in [-0.2, 0) is 10.0 Å². The van der Waals surface area contributed by atoms with Gasteiger partial charge in [0.15, 0.2) is 0 Å². The van der Waals surface area contributed by atoms with Crippen LogP contribution in [0, 0.1) is 5.82 Å². The normalized spacial score (nSPS) is 14.4. The Hall–Kier alpha value is -1.67. The molecule has 1 rings (SSSR count). The lowest BCUT2D eigenvalue weighted by Crippen LogP contribution is -2.36. The Labute approximate surface area is 104 Å². The molecular weight excluding hydrogens is 261 g/mol. The van der Waals surface area contributed by atoms with Crippen molar-refractivity contribution in [2.75, 3.05) is 0 Å². The summed E-state index contributed by atoms with van der Waals surface area (Å²) < 4.78 is 39.3. The molecule has 0 spiro atoms. The van der Waals surface area contributed by atoms with Gasteiger partial charge in [-0.1, -0.05) is 17.3 Å². The minimum Gasteiger partial charge on any atom is -0.409 e. The van der Waals surface area contributed by atoms with E-state index in [-0.39, 0.29) is 12.3 Å². The molecule has 1 atom stereocenters. The largest absolute Gasteiger partial charge is 0.409 e. The van der Waals surface area contributed by atoms with E-state index in [1.807, 2.05) is 0 Å². The van der Waals surface area contributed by atoms with Crippen LogP contribution in [0.3, 0.4) is 0 Å². The number of rotatable bonds is 5. The maximum Gasteiger partial charge on any atom is 0.243 e. The third-order valence-electron chi connectivity index (χ3n) is 2.13. The van der Waals surface area contributed by atoms with Gasteiger partial charge in [-0.25, -0.2) is 17.5 Å². The van der Waals surface area contributed by atoms with E-state index in [2.05, 4.69) is 9.88 Å². The molecule has 4 N–H and O–H groups in total. The van der Waals surface area contributed by atoms with E-state index >= 15 is 0 Å². The van der Waals surface area contributed by atoms with E-state index in [1.54, 1.807) is 0 Å². The highest BCUT2D eigenvalue weighted by molar-refractivity contribution is 7.89. The van der Waals surface area contributed by atoms with Crippen molar-refractivity contribution in [3.8, 4) is 0 Å². The van der Waals surface area contributed by atoms with Gasteiger partial charge >= 0.3 is 0 Å². The number of oxime groups is 1. The molecule has 0 saturated carbocycles. The number of nitrogens with one attached hydrogen (secondary N) is 1. The first-order valence-electron chi connectivity index (χ1n) is 5.10. The van der Waals surface area contributed by atoms with Crippen molar-refractivity contribution in [1.29, 1.82) is 0 Å². The molecule has 18 heavy (non-hydrogen) atoms. The van der Waals surface area contributed by atoms with E-state index in [4.69, 9.17) is 10.9 Å². The number of nitrogens with zero attached hydrogens (tertiary/aromatic N) is 1. The predicted molar refractivity (Wildman–Crippen MR) is 64.2 cm³/mol. The third kappa shape index (κ3) is 3.67. The summed E-state index contributed by atoms with van der Waals surface area (Å²) >= 11 is 0. The van der Waals surface area contributed by atoms with Crippen LogP contribution in [-0.4, -0.2) is 25.5 Å². The molecule has 1 aromatic carbocycles. The molecule has 1 unspecified atom stereocenters. The van der Waals surface area contributed by atoms with E-state index in [9.17, 15) is 12.8 Å². The molecule has 0 aliphatic heterocycles. The number of benzene rings is 1. The Morgan fingerprint density at radius 2 is 2.17 bits per heavy atom. The predicted octanol–water partition coefficient (Wildman–Crippen LogP) is 0.629. The maximum atomic E-state index is 13.4. The average Bonchev–Trinajstić information content (AvgIpc) is 2.28. The summed E-state index contributed by atoms with van der Waals surface area (Å²) in [4.78, 5) is -0.434. The van der Waals surface area contributed by atoms with Crippen LogP contribution in [0.4, 0.5) is 4.39 Å². The van der Waals surface area contributed by atoms with E-state index in [0.29, 0.717) is 0 Å². The lowest BCUT2D eigenvalue weighted by Gasteiger charge is -2.13. The molecule has 0 saturated heterocycles. The molecule has 0 aliphatic rings. The van der Waals surface area contributed by atoms with Crippen LogP contribution in [0.15, 0.2) is 34.3 Å². The first-order chi connectivity index (χ1) is 8.36. The smallest absolute Gasteiger partial charge is 0.243 e. The summed E-state index contributed by atoms with van der Waals surface area (Å²) in [5.41, 5.74) is 5.25.